The average molecular weight is 475 g/mol. The molecule has 1 aromatic carbocycles. The van der Waals surface area contributed by atoms with Crippen molar-refractivity contribution in [2.45, 2.75) is 26.9 Å². The molecule has 2 unspecified atom stereocenters. The number of halogens is 1. The molecule has 1 aromatic rings. The predicted octanol–water partition coefficient (Wildman–Crippen LogP) is 2.68. The molecule has 0 radical (unpaired) electrons. The van der Waals surface area contributed by atoms with Crippen molar-refractivity contribution < 1.29 is 14.3 Å². The van der Waals surface area contributed by atoms with Crippen molar-refractivity contribution in [3.63, 3.8) is 0 Å². The molecular weight excluding hydrogens is 445 g/mol. The van der Waals surface area contributed by atoms with Crippen molar-refractivity contribution in [2.75, 3.05) is 40.4 Å². The van der Waals surface area contributed by atoms with E-state index >= 15 is 0 Å². The van der Waals surface area contributed by atoms with Gasteiger partial charge in [-0.1, -0.05) is 30.7 Å². The molecule has 2 atom stereocenters. The second-order valence-corrected chi connectivity index (χ2v) is 6.52. The fraction of sp³-hybridized carbons (Fsp3) is 0.579. The number of benzene rings is 1. The minimum absolute atomic E-state index is 0. The van der Waals surface area contributed by atoms with Crippen molar-refractivity contribution in [1.29, 1.82) is 0 Å². The first-order valence-corrected chi connectivity index (χ1v) is 8.68. The minimum atomic E-state index is -0.224. The molecule has 1 aliphatic rings. The van der Waals surface area contributed by atoms with E-state index < -0.39 is 0 Å². The van der Waals surface area contributed by atoms with Crippen LogP contribution in [0.25, 0.3) is 0 Å². The summed E-state index contributed by atoms with van der Waals surface area (Å²) in [5, 5.41) is 3.27. The summed E-state index contributed by atoms with van der Waals surface area (Å²) in [5.41, 5.74) is 3.71. The summed E-state index contributed by atoms with van der Waals surface area (Å²) in [5.74, 6) is 0.338. The Labute approximate surface area is 173 Å². The largest absolute Gasteiger partial charge is 0.469 e. The van der Waals surface area contributed by atoms with E-state index in [9.17, 15) is 4.79 Å². The van der Waals surface area contributed by atoms with Gasteiger partial charge >= 0.3 is 5.97 Å². The fourth-order valence-electron chi connectivity index (χ4n) is 3.08. The number of carbonyl (C=O) groups is 1. The Morgan fingerprint density at radius 3 is 2.81 bits per heavy atom. The SMILES string of the molecule is CN=C(NCC(C)C(=O)OC)N1CCOC(c2ccc(C)cc2C)C1.I. The molecule has 26 heavy (non-hydrogen) atoms. The van der Waals surface area contributed by atoms with Gasteiger partial charge in [0.25, 0.3) is 0 Å². The molecule has 1 N–H and O–H groups in total. The molecule has 7 heteroatoms. The molecule has 2 rings (SSSR count). The molecule has 1 aliphatic heterocycles. The lowest BCUT2D eigenvalue weighted by Gasteiger charge is -2.36. The topological polar surface area (TPSA) is 63.2 Å². The van der Waals surface area contributed by atoms with E-state index in [2.05, 4.69) is 47.3 Å². The summed E-state index contributed by atoms with van der Waals surface area (Å²) in [4.78, 5) is 18.1. The number of esters is 1. The van der Waals surface area contributed by atoms with Gasteiger partial charge in [0.1, 0.15) is 6.10 Å². The highest BCUT2D eigenvalue weighted by atomic mass is 127. The summed E-state index contributed by atoms with van der Waals surface area (Å²) in [6.45, 7) is 8.69. The summed E-state index contributed by atoms with van der Waals surface area (Å²) in [6, 6.07) is 6.45. The summed E-state index contributed by atoms with van der Waals surface area (Å²) >= 11 is 0. The van der Waals surface area contributed by atoms with Gasteiger partial charge in [0.05, 0.1) is 26.2 Å². The Balaban J connectivity index is 0.00000338. The number of nitrogens with zero attached hydrogens (tertiary/aromatic N) is 2. The normalized spacial score (nSPS) is 18.7. The molecule has 0 saturated carbocycles. The van der Waals surface area contributed by atoms with Crippen LogP contribution in [0.3, 0.4) is 0 Å². The highest BCUT2D eigenvalue weighted by Gasteiger charge is 2.25. The van der Waals surface area contributed by atoms with E-state index in [0.717, 1.165) is 19.0 Å². The zero-order valence-corrected chi connectivity index (χ0v) is 18.6. The van der Waals surface area contributed by atoms with E-state index in [0.29, 0.717) is 13.2 Å². The second kappa shape index (κ2) is 10.7. The third-order valence-corrected chi connectivity index (χ3v) is 4.52. The number of methoxy groups -OCH3 is 1. The van der Waals surface area contributed by atoms with E-state index in [1.165, 1.54) is 23.8 Å². The zero-order valence-electron chi connectivity index (χ0n) is 16.2. The van der Waals surface area contributed by atoms with Crippen molar-refractivity contribution >= 4 is 35.9 Å². The van der Waals surface area contributed by atoms with Crippen LogP contribution in [0.15, 0.2) is 23.2 Å². The number of aliphatic imine (C=N–C) groups is 1. The van der Waals surface area contributed by atoms with Crippen LogP contribution in [0.5, 0.6) is 0 Å². The van der Waals surface area contributed by atoms with Crippen LogP contribution in [0.2, 0.25) is 0 Å². The van der Waals surface area contributed by atoms with Crippen molar-refractivity contribution in [3.05, 3.63) is 34.9 Å². The molecule has 0 bridgehead atoms. The van der Waals surface area contributed by atoms with Crippen molar-refractivity contribution in [1.82, 2.24) is 10.2 Å². The van der Waals surface area contributed by atoms with Crippen LogP contribution in [-0.2, 0) is 14.3 Å². The summed E-state index contributed by atoms with van der Waals surface area (Å²) in [6.07, 6.45) is 0.0194. The van der Waals surface area contributed by atoms with Gasteiger partial charge in [-0.2, -0.15) is 0 Å². The van der Waals surface area contributed by atoms with E-state index in [1.54, 1.807) is 7.05 Å². The van der Waals surface area contributed by atoms with Gasteiger partial charge in [-0.25, -0.2) is 0 Å². The highest BCUT2D eigenvalue weighted by molar-refractivity contribution is 14.0. The van der Waals surface area contributed by atoms with Crippen LogP contribution in [-0.4, -0.2) is 57.2 Å². The van der Waals surface area contributed by atoms with Gasteiger partial charge in [0.15, 0.2) is 5.96 Å². The lowest BCUT2D eigenvalue weighted by Crippen LogP contribution is -2.49. The van der Waals surface area contributed by atoms with Gasteiger partial charge in [0, 0.05) is 20.1 Å². The van der Waals surface area contributed by atoms with Crippen molar-refractivity contribution in [3.8, 4) is 0 Å². The van der Waals surface area contributed by atoms with E-state index in [4.69, 9.17) is 9.47 Å². The monoisotopic (exact) mass is 475 g/mol. The maximum atomic E-state index is 11.6. The molecule has 6 nitrogen and oxygen atoms in total. The second-order valence-electron chi connectivity index (χ2n) is 6.52. The average Bonchev–Trinajstić information content (AvgIpc) is 2.61. The van der Waals surface area contributed by atoms with Gasteiger partial charge in [0.2, 0.25) is 0 Å². The maximum absolute atomic E-state index is 11.6. The number of nitrogens with one attached hydrogen (secondary N) is 1. The van der Waals surface area contributed by atoms with Gasteiger partial charge in [-0.15, -0.1) is 24.0 Å². The van der Waals surface area contributed by atoms with E-state index in [1.807, 2.05) is 6.92 Å². The minimum Gasteiger partial charge on any atom is -0.469 e. The number of ether oxygens (including phenoxy) is 2. The lowest BCUT2D eigenvalue weighted by molar-refractivity contribution is -0.144. The van der Waals surface area contributed by atoms with Crippen LogP contribution < -0.4 is 5.32 Å². The zero-order chi connectivity index (χ0) is 18.4. The Kier molecular flexibility index (Phi) is 9.35. The van der Waals surface area contributed by atoms with E-state index in [-0.39, 0.29) is 42.0 Å². The Morgan fingerprint density at radius 2 is 2.19 bits per heavy atom. The number of hydrogen-bond donors (Lipinski definition) is 1. The quantitative estimate of drug-likeness (QED) is 0.314. The number of morpholine rings is 1. The van der Waals surface area contributed by atoms with Crippen LogP contribution in [0.1, 0.15) is 29.7 Å². The molecule has 1 saturated heterocycles. The third-order valence-electron chi connectivity index (χ3n) is 4.52. The first-order valence-electron chi connectivity index (χ1n) is 8.68. The maximum Gasteiger partial charge on any atom is 0.310 e. The first kappa shape index (κ1) is 22.7. The molecule has 0 spiro atoms. The lowest BCUT2D eigenvalue weighted by atomic mass is 10.00. The highest BCUT2D eigenvalue weighted by Crippen LogP contribution is 2.25. The van der Waals surface area contributed by atoms with Crippen LogP contribution in [0, 0.1) is 19.8 Å². The smallest absolute Gasteiger partial charge is 0.310 e. The molecule has 0 aliphatic carbocycles. The Morgan fingerprint density at radius 1 is 1.46 bits per heavy atom. The first-order chi connectivity index (χ1) is 12.0. The molecular formula is C19H30IN3O3. The molecule has 1 fully saturated rings. The van der Waals surface area contributed by atoms with Gasteiger partial charge in [-0.3, -0.25) is 9.79 Å². The number of guanidine groups is 1. The molecule has 1 heterocycles. The van der Waals surface area contributed by atoms with Crippen LogP contribution in [0.4, 0.5) is 0 Å². The molecule has 0 aromatic heterocycles. The fourth-order valence-corrected chi connectivity index (χ4v) is 3.08. The standard InChI is InChI=1S/C19H29N3O3.HI/c1-13-6-7-16(14(2)10-13)17-12-22(8-9-25-17)19(20-4)21-11-15(3)18(23)24-5;/h6-7,10,15,17H,8-9,11-12H2,1-5H3,(H,20,21);1H. The summed E-state index contributed by atoms with van der Waals surface area (Å²) < 4.78 is 10.8. The molecule has 146 valence electrons. The van der Waals surface area contributed by atoms with Gasteiger partial charge < -0.3 is 19.7 Å². The number of hydrogen-bond acceptors (Lipinski definition) is 4. The van der Waals surface area contributed by atoms with Crippen molar-refractivity contribution in [2.24, 2.45) is 10.9 Å². The van der Waals surface area contributed by atoms with Crippen LogP contribution >= 0.6 is 24.0 Å². The van der Waals surface area contributed by atoms with Gasteiger partial charge in [-0.05, 0) is 25.0 Å². The third kappa shape index (κ3) is 5.84. The predicted molar refractivity (Wildman–Crippen MR) is 114 cm³/mol. The number of carbonyl (C=O) groups excluding carboxylic acids is 1. The number of aryl methyl sites for hydroxylation is 2. The number of rotatable bonds is 4. The Bertz CT molecular complexity index is 636. The molecule has 0 amide bonds. The summed E-state index contributed by atoms with van der Waals surface area (Å²) in [7, 11) is 3.16. The Hall–Kier alpha value is -1.35.